The summed E-state index contributed by atoms with van der Waals surface area (Å²) >= 11 is 0. The van der Waals surface area contributed by atoms with Crippen LogP contribution in [0.4, 0.5) is 0 Å². The summed E-state index contributed by atoms with van der Waals surface area (Å²) in [6, 6.07) is 4.39. The summed E-state index contributed by atoms with van der Waals surface area (Å²) in [5.41, 5.74) is 6.15. The van der Waals surface area contributed by atoms with E-state index in [0.717, 1.165) is 12.2 Å². The predicted molar refractivity (Wildman–Crippen MR) is 57.0 cm³/mol. The monoisotopic (exact) mass is 193 g/mol. The topological polar surface area (TPSA) is 39.2 Å². The molecule has 2 N–H and O–H groups in total. The van der Waals surface area contributed by atoms with E-state index in [4.69, 9.17) is 10.2 Å². The van der Waals surface area contributed by atoms with Crippen LogP contribution in [0.2, 0.25) is 0 Å². The summed E-state index contributed by atoms with van der Waals surface area (Å²) in [7, 11) is 0. The molecule has 0 spiro atoms. The molecule has 0 amide bonds. The van der Waals surface area contributed by atoms with Gasteiger partial charge in [-0.2, -0.15) is 0 Å². The van der Waals surface area contributed by atoms with Crippen LogP contribution < -0.4 is 5.73 Å². The fraction of sp³-hybridized carbons (Fsp3) is 0.667. The summed E-state index contributed by atoms with van der Waals surface area (Å²) in [6.45, 7) is 0. The number of rotatable bonds is 2. The van der Waals surface area contributed by atoms with Gasteiger partial charge in [-0.3, -0.25) is 0 Å². The summed E-state index contributed by atoms with van der Waals surface area (Å²) in [4.78, 5) is 0. The molecule has 14 heavy (non-hydrogen) atoms. The fourth-order valence-corrected chi connectivity index (χ4v) is 2.35. The van der Waals surface area contributed by atoms with E-state index in [1.54, 1.807) is 6.26 Å². The van der Waals surface area contributed by atoms with Crippen molar-refractivity contribution in [1.82, 2.24) is 0 Å². The molecule has 1 aliphatic carbocycles. The van der Waals surface area contributed by atoms with Crippen molar-refractivity contribution in [3.05, 3.63) is 24.2 Å². The van der Waals surface area contributed by atoms with E-state index in [9.17, 15) is 0 Å². The van der Waals surface area contributed by atoms with Gasteiger partial charge in [0, 0.05) is 12.5 Å². The first kappa shape index (κ1) is 9.78. The molecule has 78 valence electrons. The van der Waals surface area contributed by atoms with E-state index < -0.39 is 0 Å². The first-order valence-corrected chi connectivity index (χ1v) is 5.64. The lowest BCUT2D eigenvalue weighted by atomic mass is 9.91. The minimum atomic E-state index is 0.377. The minimum absolute atomic E-state index is 0.377. The van der Waals surface area contributed by atoms with Crippen molar-refractivity contribution >= 4 is 0 Å². The van der Waals surface area contributed by atoms with Gasteiger partial charge in [0.05, 0.1) is 6.26 Å². The van der Waals surface area contributed by atoms with Gasteiger partial charge in [0.15, 0.2) is 0 Å². The van der Waals surface area contributed by atoms with Crippen LogP contribution in [-0.4, -0.2) is 6.04 Å². The molecule has 2 heteroatoms. The highest BCUT2D eigenvalue weighted by Crippen LogP contribution is 2.25. The van der Waals surface area contributed by atoms with Gasteiger partial charge in [0.2, 0.25) is 0 Å². The lowest BCUT2D eigenvalue weighted by Gasteiger charge is -2.19. The second-order valence-corrected chi connectivity index (χ2v) is 4.35. The first-order valence-electron chi connectivity index (χ1n) is 5.64. The van der Waals surface area contributed by atoms with Crippen LogP contribution in [0.25, 0.3) is 0 Å². The normalized spacial score (nSPS) is 28.6. The molecule has 0 aromatic carbocycles. The Labute approximate surface area is 85.5 Å². The quantitative estimate of drug-likeness (QED) is 0.733. The van der Waals surface area contributed by atoms with Crippen molar-refractivity contribution in [3.8, 4) is 0 Å². The molecule has 1 heterocycles. The van der Waals surface area contributed by atoms with Crippen LogP contribution in [0, 0.1) is 5.92 Å². The molecule has 0 aliphatic heterocycles. The van der Waals surface area contributed by atoms with E-state index in [0.29, 0.717) is 12.0 Å². The molecule has 2 rings (SSSR count). The largest absolute Gasteiger partial charge is 0.469 e. The highest BCUT2D eigenvalue weighted by Gasteiger charge is 2.21. The molecule has 1 saturated carbocycles. The lowest BCUT2D eigenvalue weighted by Crippen LogP contribution is -2.30. The number of hydrogen-bond acceptors (Lipinski definition) is 2. The Morgan fingerprint density at radius 3 is 2.93 bits per heavy atom. The standard InChI is InChI=1S/C12H19NO/c13-12-7-3-1-2-5-10(12)9-11-6-4-8-14-11/h4,6,8,10,12H,1-3,5,7,9,13H2. The minimum Gasteiger partial charge on any atom is -0.469 e. The Bertz CT molecular complexity index is 255. The third kappa shape index (κ3) is 2.38. The Hall–Kier alpha value is -0.760. The molecule has 1 aromatic rings. The average Bonchev–Trinajstić information content (AvgIpc) is 2.60. The van der Waals surface area contributed by atoms with E-state index >= 15 is 0 Å². The van der Waals surface area contributed by atoms with E-state index in [2.05, 4.69) is 6.07 Å². The maximum Gasteiger partial charge on any atom is 0.104 e. The van der Waals surface area contributed by atoms with Crippen LogP contribution in [-0.2, 0) is 6.42 Å². The SMILES string of the molecule is NC1CCCCCC1Cc1ccco1. The zero-order chi connectivity index (χ0) is 9.80. The van der Waals surface area contributed by atoms with Gasteiger partial charge >= 0.3 is 0 Å². The molecule has 2 unspecified atom stereocenters. The number of nitrogens with two attached hydrogens (primary N) is 1. The van der Waals surface area contributed by atoms with Crippen LogP contribution in [0.1, 0.15) is 37.9 Å². The molecular weight excluding hydrogens is 174 g/mol. The van der Waals surface area contributed by atoms with Crippen LogP contribution in [0.5, 0.6) is 0 Å². The van der Waals surface area contributed by atoms with Crippen molar-refractivity contribution in [2.24, 2.45) is 11.7 Å². The molecule has 2 atom stereocenters. The second-order valence-electron chi connectivity index (χ2n) is 4.35. The second kappa shape index (κ2) is 4.65. The van der Waals surface area contributed by atoms with Crippen LogP contribution in [0.15, 0.2) is 22.8 Å². The molecule has 1 aliphatic rings. The highest BCUT2D eigenvalue weighted by molar-refractivity contribution is 5.00. The van der Waals surface area contributed by atoms with Crippen LogP contribution >= 0.6 is 0 Å². The van der Waals surface area contributed by atoms with Gasteiger partial charge in [-0.25, -0.2) is 0 Å². The Morgan fingerprint density at radius 2 is 2.14 bits per heavy atom. The molecule has 2 nitrogen and oxygen atoms in total. The smallest absolute Gasteiger partial charge is 0.104 e. The van der Waals surface area contributed by atoms with Crippen molar-refractivity contribution in [2.75, 3.05) is 0 Å². The molecule has 0 saturated heterocycles. The average molecular weight is 193 g/mol. The van der Waals surface area contributed by atoms with Crippen molar-refractivity contribution in [3.63, 3.8) is 0 Å². The van der Waals surface area contributed by atoms with E-state index in [1.165, 1.54) is 32.1 Å². The van der Waals surface area contributed by atoms with E-state index in [1.807, 2.05) is 6.07 Å². The molecule has 1 aromatic heterocycles. The predicted octanol–water partition coefficient (Wildman–Crippen LogP) is 2.73. The Balaban J connectivity index is 1.94. The molecule has 0 radical (unpaired) electrons. The Kier molecular flexibility index (Phi) is 3.25. The van der Waals surface area contributed by atoms with Gasteiger partial charge in [-0.1, -0.05) is 19.3 Å². The highest BCUT2D eigenvalue weighted by atomic mass is 16.3. The zero-order valence-electron chi connectivity index (χ0n) is 8.61. The Morgan fingerprint density at radius 1 is 1.29 bits per heavy atom. The summed E-state index contributed by atoms with van der Waals surface area (Å²) in [6.07, 6.45) is 9.20. The van der Waals surface area contributed by atoms with Gasteiger partial charge in [0.1, 0.15) is 5.76 Å². The van der Waals surface area contributed by atoms with Crippen molar-refractivity contribution < 1.29 is 4.42 Å². The molecule has 0 bridgehead atoms. The summed E-state index contributed by atoms with van der Waals surface area (Å²) < 4.78 is 5.37. The number of hydrogen-bond donors (Lipinski definition) is 1. The summed E-state index contributed by atoms with van der Waals surface area (Å²) in [5.74, 6) is 1.72. The van der Waals surface area contributed by atoms with Gasteiger partial charge in [0.25, 0.3) is 0 Å². The first-order chi connectivity index (χ1) is 6.86. The van der Waals surface area contributed by atoms with Gasteiger partial charge < -0.3 is 10.2 Å². The van der Waals surface area contributed by atoms with Gasteiger partial charge in [-0.15, -0.1) is 0 Å². The maximum absolute atomic E-state index is 6.15. The van der Waals surface area contributed by atoms with Crippen molar-refractivity contribution in [1.29, 1.82) is 0 Å². The molecular formula is C12H19NO. The van der Waals surface area contributed by atoms with Crippen molar-refractivity contribution in [2.45, 2.75) is 44.6 Å². The van der Waals surface area contributed by atoms with Gasteiger partial charge in [-0.05, 0) is 30.9 Å². The molecule has 1 fully saturated rings. The van der Waals surface area contributed by atoms with E-state index in [-0.39, 0.29) is 0 Å². The fourth-order valence-electron chi connectivity index (χ4n) is 2.35. The summed E-state index contributed by atoms with van der Waals surface area (Å²) in [5, 5.41) is 0. The lowest BCUT2D eigenvalue weighted by molar-refractivity contribution is 0.362. The number of furan rings is 1. The maximum atomic E-state index is 6.15. The third-order valence-electron chi connectivity index (χ3n) is 3.26. The third-order valence-corrected chi connectivity index (χ3v) is 3.26. The zero-order valence-corrected chi connectivity index (χ0v) is 8.61. The van der Waals surface area contributed by atoms with Crippen LogP contribution in [0.3, 0.4) is 0 Å².